The van der Waals surface area contributed by atoms with Gasteiger partial charge in [0.05, 0.1) is 33.3 Å². The molecule has 0 spiro atoms. The SMILES string of the molecule is COc1cccc(C=NCCN=Cc2cccc(OC)c2[O-])c1[O-].O.O=C([O-])c1ccc(O)cc1.[Mn+3]. The van der Waals surface area contributed by atoms with Gasteiger partial charge in [0.1, 0.15) is 17.2 Å². The van der Waals surface area contributed by atoms with Crippen molar-refractivity contribution in [2.24, 2.45) is 9.98 Å². The Morgan fingerprint density at radius 2 is 1.25 bits per heavy atom. The summed E-state index contributed by atoms with van der Waals surface area (Å²) < 4.78 is 9.94. The number of aliphatic imine (C=N–C) groups is 2. The van der Waals surface area contributed by atoms with Crippen LogP contribution in [0.15, 0.2) is 70.6 Å². The number of carbonyl (C=O) groups is 1. The minimum atomic E-state index is -1.24. The van der Waals surface area contributed by atoms with E-state index in [0.29, 0.717) is 24.2 Å². The molecule has 0 amide bonds. The fourth-order valence-electron chi connectivity index (χ4n) is 2.63. The van der Waals surface area contributed by atoms with Crippen molar-refractivity contribution in [3.05, 3.63) is 77.4 Å². The molecule has 0 aliphatic rings. The van der Waals surface area contributed by atoms with Crippen LogP contribution < -0.4 is 24.8 Å². The number of aromatic hydroxyl groups is 1. The van der Waals surface area contributed by atoms with Crippen molar-refractivity contribution in [2.75, 3.05) is 27.3 Å². The van der Waals surface area contributed by atoms with Gasteiger partial charge in [-0.05, 0) is 53.1 Å². The van der Waals surface area contributed by atoms with E-state index in [4.69, 9.17) is 14.6 Å². The first kappa shape index (κ1) is 31.9. The molecule has 36 heavy (non-hydrogen) atoms. The number of phenolic OH excluding ortho intramolecular Hbond substituents is 1. The van der Waals surface area contributed by atoms with Crippen LogP contribution in [0.5, 0.6) is 28.7 Å². The van der Waals surface area contributed by atoms with E-state index >= 15 is 0 Å². The molecule has 190 valence electrons. The van der Waals surface area contributed by atoms with Crippen LogP contribution in [0, 0.1) is 0 Å². The van der Waals surface area contributed by atoms with Gasteiger partial charge < -0.3 is 40.2 Å². The van der Waals surface area contributed by atoms with Crippen LogP contribution in [-0.2, 0) is 17.1 Å². The van der Waals surface area contributed by atoms with Crippen LogP contribution in [0.2, 0.25) is 0 Å². The van der Waals surface area contributed by atoms with Gasteiger partial charge in [-0.3, -0.25) is 9.98 Å². The molecule has 3 aromatic carbocycles. The van der Waals surface area contributed by atoms with Crippen molar-refractivity contribution >= 4 is 18.4 Å². The number of rotatable bonds is 8. The van der Waals surface area contributed by atoms with Gasteiger partial charge in [0.2, 0.25) is 0 Å². The number of ether oxygens (including phenoxy) is 2. The number of aromatic carboxylic acids is 1. The summed E-state index contributed by atoms with van der Waals surface area (Å²) in [7, 11) is 2.91. The Balaban J connectivity index is 0.000000864. The van der Waals surface area contributed by atoms with Crippen LogP contribution in [-0.4, -0.2) is 56.3 Å². The van der Waals surface area contributed by atoms with E-state index in [2.05, 4.69) is 9.98 Å². The summed E-state index contributed by atoms with van der Waals surface area (Å²) in [6, 6.07) is 15.2. The fourth-order valence-corrected chi connectivity index (χ4v) is 2.63. The average Bonchev–Trinajstić information content (AvgIpc) is 2.84. The smallest absolute Gasteiger partial charge is 0.870 e. The number of carboxylic acids is 1. The molecule has 3 rings (SSSR count). The van der Waals surface area contributed by atoms with Gasteiger partial charge in [-0.2, -0.15) is 0 Å². The second-order valence-corrected chi connectivity index (χ2v) is 6.66. The maximum Gasteiger partial charge on any atom is 3.00 e. The van der Waals surface area contributed by atoms with Crippen molar-refractivity contribution in [1.82, 2.24) is 0 Å². The zero-order chi connectivity index (χ0) is 24.9. The summed E-state index contributed by atoms with van der Waals surface area (Å²) in [5.41, 5.74) is 0.999. The first-order chi connectivity index (χ1) is 16.4. The van der Waals surface area contributed by atoms with Crippen LogP contribution >= 0.6 is 0 Å². The topological polar surface area (TPSA) is 181 Å². The van der Waals surface area contributed by atoms with Gasteiger partial charge in [0.25, 0.3) is 0 Å². The van der Waals surface area contributed by atoms with Gasteiger partial charge in [0.15, 0.2) is 0 Å². The molecule has 0 radical (unpaired) electrons. The molecule has 0 saturated carbocycles. The molecule has 10 nitrogen and oxygen atoms in total. The molecular weight excluding hydrogens is 511 g/mol. The molecule has 0 aromatic heterocycles. The third-order valence-corrected chi connectivity index (χ3v) is 4.38. The predicted molar refractivity (Wildman–Crippen MR) is 126 cm³/mol. The molecule has 0 aliphatic heterocycles. The Hall–Kier alpha value is -4.05. The molecule has 3 aromatic rings. The Bertz CT molecular complexity index is 1090. The molecular formula is C25H25MnN2O8. The molecule has 0 fully saturated rings. The van der Waals surface area contributed by atoms with Crippen molar-refractivity contribution in [2.45, 2.75) is 0 Å². The van der Waals surface area contributed by atoms with Gasteiger partial charge >= 0.3 is 17.1 Å². The predicted octanol–water partition coefficient (Wildman–Crippen LogP) is 0.318. The summed E-state index contributed by atoms with van der Waals surface area (Å²) >= 11 is 0. The Morgan fingerprint density at radius 1 is 0.833 bits per heavy atom. The minimum absolute atomic E-state index is 0. The van der Waals surface area contributed by atoms with Gasteiger partial charge in [0, 0.05) is 12.4 Å². The van der Waals surface area contributed by atoms with E-state index in [-0.39, 0.29) is 56.9 Å². The number of para-hydroxylation sites is 2. The third kappa shape index (κ3) is 9.67. The second kappa shape index (κ2) is 16.6. The van der Waals surface area contributed by atoms with Crippen molar-refractivity contribution < 1.29 is 57.2 Å². The van der Waals surface area contributed by atoms with E-state index < -0.39 is 5.97 Å². The van der Waals surface area contributed by atoms with Gasteiger partial charge in [-0.25, -0.2) is 0 Å². The minimum Gasteiger partial charge on any atom is -0.870 e. The fraction of sp³-hybridized carbons (Fsp3) is 0.160. The summed E-state index contributed by atoms with van der Waals surface area (Å²) in [5.74, 6) is -1.000. The zero-order valence-corrected chi connectivity index (χ0v) is 20.7. The largest absolute Gasteiger partial charge is 3.00 e. The van der Waals surface area contributed by atoms with E-state index in [1.54, 1.807) is 36.4 Å². The molecule has 0 aliphatic carbocycles. The number of methoxy groups -OCH3 is 2. The van der Waals surface area contributed by atoms with Crippen LogP contribution in [0.4, 0.5) is 0 Å². The van der Waals surface area contributed by atoms with E-state index in [1.165, 1.54) is 50.9 Å². The van der Waals surface area contributed by atoms with E-state index in [9.17, 15) is 20.1 Å². The maximum absolute atomic E-state index is 11.9. The molecule has 0 bridgehead atoms. The van der Waals surface area contributed by atoms with Crippen molar-refractivity contribution in [1.29, 1.82) is 0 Å². The first-order valence-electron chi connectivity index (χ1n) is 10.1. The summed E-state index contributed by atoms with van der Waals surface area (Å²) in [5, 5.41) is 42.7. The van der Waals surface area contributed by atoms with Gasteiger partial charge in [-0.15, -0.1) is 0 Å². The second-order valence-electron chi connectivity index (χ2n) is 6.66. The number of hydrogen-bond acceptors (Lipinski definition) is 9. The molecule has 3 N–H and O–H groups in total. The first-order valence-corrected chi connectivity index (χ1v) is 10.1. The number of carbonyl (C=O) groups excluding carboxylic acids is 1. The summed E-state index contributed by atoms with van der Waals surface area (Å²) in [6.45, 7) is 0.816. The number of benzene rings is 3. The molecule has 0 unspecified atom stereocenters. The van der Waals surface area contributed by atoms with Crippen LogP contribution in [0.3, 0.4) is 0 Å². The van der Waals surface area contributed by atoms with Crippen LogP contribution in [0.1, 0.15) is 21.5 Å². The normalized spacial score (nSPS) is 10.1. The molecule has 11 heteroatoms. The summed E-state index contributed by atoms with van der Waals surface area (Å²) in [4.78, 5) is 18.5. The number of phenols is 1. The van der Waals surface area contributed by atoms with Crippen molar-refractivity contribution in [3.63, 3.8) is 0 Å². The monoisotopic (exact) mass is 536 g/mol. The van der Waals surface area contributed by atoms with E-state index in [0.717, 1.165) is 0 Å². The molecule has 0 atom stereocenters. The Kier molecular flexibility index (Phi) is 14.7. The van der Waals surface area contributed by atoms with Crippen LogP contribution in [0.25, 0.3) is 0 Å². The van der Waals surface area contributed by atoms with E-state index in [1.807, 2.05) is 0 Å². The number of carboxylic acid groups (broad SMARTS) is 1. The van der Waals surface area contributed by atoms with Gasteiger partial charge in [-0.1, -0.05) is 35.8 Å². The number of nitrogens with zero attached hydrogens (tertiary/aromatic N) is 2. The average molecular weight is 536 g/mol. The standard InChI is InChI=1S/C18H20N2O4.C7H6O3.Mn.H2O/c1-23-15-7-3-5-13(17(15)21)11-19-9-10-20-12-14-6-4-8-16(24-2)18(14)22;8-6-3-1-5(2-4-6)7(9)10;;/h3-8,11-12,21-22H,9-10H2,1-2H3;1-4,8H,(H,9,10);;1H2/q;;+3;/p-3. The summed E-state index contributed by atoms with van der Waals surface area (Å²) in [6.07, 6.45) is 3.01. The number of hydrogen-bond donors (Lipinski definition) is 1. The quantitative estimate of drug-likeness (QED) is 0.244. The Morgan fingerprint density at radius 3 is 1.61 bits per heavy atom. The third-order valence-electron chi connectivity index (χ3n) is 4.38. The molecule has 0 saturated heterocycles. The Labute approximate surface area is 219 Å². The molecule has 0 heterocycles. The maximum atomic E-state index is 11.9. The van der Waals surface area contributed by atoms with Crippen molar-refractivity contribution in [3.8, 4) is 28.7 Å². The zero-order valence-electron chi connectivity index (χ0n) is 19.5.